The van der Waals surface area contributed by atoms with Gasteiger partial charge < -0.3 is 5.32 Å². The molecule has 78 valence electrons. The highest BCUT2D eigenvalue weighted by molar-refractivity contribution is 5.57. The number of allylic oxidation sites excluding steroid dienone is 3. The lowest BCUT2D eigenvalue weighted by Crippen LogP contribution is -2.00. The van der Waals surface area contributed by atoms with Crippen molar-refractivity contribution in [3.05, 3.63) is 66.4 Å². The van der Waals surface area contributed by atoms with Gasteiger partial charge in [0.1, 0.15) is 0 Å². The summed E-state index contributed by atoms with van der Waals surface area (Å²) in [5.74, 6) is 0. The van der Waals surface area contributed by atoms with Crippen molar-refractivity contribution >= 4 is 5.69 Å². The molecule has 0 aromatic heterocycles. The first-order chi connectivity index (χ1) is 7.19. The number of benzene rings is 1. The molecule has 1 aromatic carbocycles. The quantitative estimate of drug-likeness (QED) is 0.721. The minimum atomic E-state index is 0.999. The van der Waals surface area contributed by atoms with Crippen molar-refractivity contribution in [2.75, 3.05) is 5.32 Å². The fraction of sp³-hybridized carbons (Fsp3) is 0.143. The third-order valence-electron chi connectivity index (χ3n) is 2.35. The topological polar surface area (TPSA) is 12.0 Å². The smallest absolute Gasteiger partial charge is 0.0413 e. The Kier molecular flexibility index (Phi) is 3.92. The molecule has 0 aliphatic carbocycles. The average molecular weight is 199 g/mol. The lowest BCUT2D eigenvalue weighted by atomic mass is 10.1. The first-order valence-corrected chi connectivity index (χ1v) is 4.97. The summed E-state index contributed by atoms with van der Waals surface area (Å²) >= 11 is 0. The van der Waals surface area contributed by atoms with Gasteiger partial charge in [-0.05, 0) is 37.1 Å². The van der Waals surface area contributed by atoms with Crippen LogP contribution in [0, 0.1) is 6.92 Å². The van der Waals surface area contributed by atoms with Crippen LogP contribution in [0.1, 0.15) is 12.5 Å². The molecular weight excluding hydrogens is 182 g/mol. The molecule has 0 spiro atoms. The van der Waals surface area contributed by atoms with E-state index in [1.54, 1.807) is 0 Å². The van der Waals surface area contributed by atoms with Gasteiger partial charge in [0.15, 0.2) is 0 Å². The number of rotatable bonds is 4. The van der Waals surface area contributed by atoms with Gasteiger partial charge in [0.25, 0.3) is 0 Å². The van der Waals surface area contributed by atoms with Gasteiger partial charge in [0, 0.05) is 11.4 Å². The molecule has 0 aliphatic rings. The van der Waals surface area contributed by atoms with Crippen LogP contribution < -0.4 is 5.32 Å². The van der Waals surface area contributed by atoms with E-state index in [2.05, 4.69) is 37.5 Å². The normalized spacial score (nSPS) is 11.6. The molecule has 0 fully saturated rings. The van der Waals surface area contributed by atoms with Crippen LogP contribution in [0.4, 0.5) is 5.69 Å². The van der Waals surface area contributed by atoms with Gasteiger partial charge in [-0.15, -0.1) is 0 Å². The van der Waals surface area contributed by atoms with Crippen molar-refractivity contribution in [1.82, 2.24) is 0 Å². The molecule has 0 unspecified atom stereocenters. The lowest BCUT2D eigenvalue weighted by Gasteiger charge is -2.11. The summed E-state index contributed by atoms with van der Waals surface area (Å²) in [6.07, 6.45) is 3.63. The maximum atomic E-state index is 3.79. The van der Waals surface area contributed by atoms with Crippen molar-refractivity contribution in [3.63, 3.8) is 0 Å². The van der Waals surface area contributed by atoms with Crippen LogP contribution >= 0.6 is 0 Å². The maximum absolute atomic E-state index is 3.79. The second kappa shape index (κ2) is 5.20. The highest BCUT2D eigenvalue weighted by Crippen LogP contribution is 2.17. The van der Waals surface area contributed by atoms with Gasteiger partial charge in [-0.3, -0.25) is 0 Å². The molecule has 1 nitrogen and oxygen atoms in total. The second-order valence-electron chi connectivity index (χ2n) is 3.44. The molecule has 0 amide bonds. The average Bonchev–Trinajstić information content (AvgIpc) is 2.27. The summed E-state index contributed by atoms with van der Waals surface area (Å²) in [7, 11) is 0. The van der Waals surface area contributed by atoms with E-state index in [1.165, 1.54) is 5.56 Å². The Morgan fingerprint density at radius 2 is 1.87 bits per heavy atom. The molecule has 1 aromatic rings. The number of anilines is 1. The van der Waals surface area contributed by atoms with E-state index in [-0.39, 0.29) is 0 Å². The lowest BCUT2D eigenvalue weighted by molar-refractivity contribution is 1.34. The van der Waals surface area contributed by atoms with Crippen molar-refractivity contribution in [2.45, 2.75) is 13.8 Å². The van der Waals surface area contributed by atoms with Crippen molar-refractivity contribution in [1.29, 1.82) is 0 Å². The third-order valence-corrected chi connectivity index (χ3v) is 2.35. The summed E-state index contributed by atoms with van der Waals surface area (Å²) in [5.41, 5.74) is 4.41. The van der Waals surface area contributed by atoms with E-state index < -0.39 is 0 Å². The van der Waals surface area contributed by atoms with Crippen LogP contribution in [0.25, 0.3) is 0 Å². The minimum absolute atomic E-state index is 0.999. The summed E-state index contributed by atoms with van der Waals surface area (Å²) in [5, 5.41) is 3.34. The Labute approximate surface area is 91.8 Å². The van der Waals surface area contributed by atoms with Crippen LogP contribution in [0.15, 0.2) is 60.8 Å². The molecular formula is C14H17N. The van der Waals surface area contributed by atoms with Gasteiger partial charge in [-0.1, -0.05) is 37.4 Å². The molecule has 0 radical (unpaired) electrons. The molecule has 0 bridgehead atoms. The van der Waals surface area contributed by atoms with Crippen molar-refractivity contribution in [3.8, 4) is 0 Å². The predicted molar refractivity (Wildman–Crippen MR) is 67.9 cm³/mol. The molecule has 0 aliphatic heterocycles. The monoisotopic (exact) mass is 199 g/mol. The third kappa shape index (κ3) is 2.84. The summed E-state index contributed by atoms with van der Waals surface area (Å²) in [6, 6.07) is 8.17. The molecule has 1 heteroatoms. The van der Waals surface area contributed by atoms with Crippen LogP contribution in [0.2, 0.25) is 0 Å². The molecule has 0 heterocycles. The number of para-hydroxylation sites is 1. The van der Waals surface area contributed by atoms with Crippen molar-refractivity contribution in [2.24, 2.45) is 0 Å². The highest BCUT2D eigenvalue weighted by atomic mass is 14.9. The molecule has 15 heavy (non-hydrogen) atoms. The van der Waals surface area contributed by atoms with E-state index in [9.17, 15) is 0 Å². The van der Waals surface area contributed by atoms with E-state index in [4.69, 9.17) is 0 Å². The predicted octanol–water partition coefficient (Wildman–Crippen LogP) is 4.05. The Bertz CT molecular complexity index is 400. The van der Waals surface area contributed by atoms with E-state index in [0.717, 1.165) is 17.0 Å². The molecule has 0 saturated heterocycles. The number of nitrogens with one attached hydrogen (secondary N) is 1. The Balaban J connectivity index is 2.99. The summed E-state index contributed by atoms with van der Waals surface area (Å²) in [4.78, 5) is 0. The van der Waals surface area contributed by atoms with Gasteiger partial charge in [-0.2, -0.15) is 0 Å². The number of hydrogen-bond acceptors (Lipinski definition) is 1. The van der Waals surface area contributed by atoms with Crippen LogP contribution in [-0.4, -0.2) is 0 Å². The second-order valence-corrected chi connectivity index (χ2v) is 3.44. The van der Waals surface area contributed by atoms with Gasteiger partial charge in [0.05, 0.1) is 0 Å². The van der Waals surface area contributed by atoms with E-state index >= 15 is 0 Å². The highest BCUT2D eigenvalue weighted by Gasteiger charge is 1.99. The number of hydrogen-bond donors (Lipinski definition) is 1. The standard InChI is InChI=1S/C14H17N/c1-5-11(3)13(6-2)15-14-10-8-7-9-12(14)4/h5-10,15H,1-2H2,3-4H3/b13-11+. The van der Waals surface area contributed by atoms with Crippen LogP contribution in [0.3, 0.4) is 0 Å². The van der Waals surface area contributed by atoms with Crippen LogP contribution in [-0.2, 0) is 0 Å². The fourth-order valence-corrected chi connectivity index (χ4v) is 1.28. The van der Waals surface area contributed by atoms with Crippen molar-refractivity contribution < 1.29 is 0 Å². The largest absolute Gasteiger partial charge is 0.355 e. The Morgan fingerprint density at radius 1 is 1.20 bits per heavy atom. The van der Waals surface area contributed by atoms with Crippen LogP contribution in [0.5, 0.6) is 0 Å². The van der Waals surface area contributed by atoms with Gasteiger partial charge in [-0.25, -0.2) is 0 Å². The summed E-state index contributed by atoms with van der Waals surface area (Å²) < 4.78 is 0. The van der Waals surface area contributed by atoms with Gasteiger partial charge >= 0.3 is 0 Å². The van der Waals surface area contributed by atoms with E-state index in [1.807, 2.05) is 31.2 Å². The zero-order chi connectivity index (χ0) is 11.3. The first-order valence-electron chi connectivity index (χ1n) is 4.97. The minimum Gasteiger partial charge on any atom is -0.355 e. The molecule has 0 saturated carbocycles. The SMILES string of the molecule is C=C/C(C)=C(\C=C)Nc1ccccc1C. The fourth-order valence-electron chi connectivity index (χ4n) is 1.28. The zero-order valence-electron chi connectivity index (χ0n) is 9.38. The first kappa shape index (κ1) is 11.3. The maximum Gasteiger partial charge on any atom is 0.0413 e. The van der Waals surface area contributed by atoms with Gasteiger partial charge in [0.2, 0.25) is 0 Å². The number of aryl methyl sites for hydroxylation is 1. The Hall–Kier alpha value is -1.76. The molecule has 1 N–H and O–H groups in total. The zero-order valence-corrected chi connectivity index (χ0v) is 9.38. The Morgan fingerprint density at radius 3 is 2.40 bits per heavy atom. The summed E-state index contributed by atoms with van der Waals surface area (Å²) in [6.45, 7) is 11.6. The molecule has 1 rings (SSSR count). The molecule has 0 atom stereocenters. The van der Waals surface area contributed by atoms with E-state index in [0.29, 0.717) is 0 Å².